The third-order valence-electron chi connectivity index (χ3n) is 3.60. The highest BCUT2D eigenvalue weighted by molar-refractivity contribution is 5.38. The fraction of sp³-hybridized carbons (Fsp3) is 0.462. The summed E-state index contributed by atoms with van der Waals surface area (Å²) in [5.74, 6) is -0.0634. The molecule has 1 saturated carbocycles. The largest absolute Gasteiger partial charge is 0.365 e. The maximum Gasteiger partial charge on any atom is 0.186 e. The van der Waals surface area contributed by atoms with E-state index in [9.17, 15) is 4.39 Å². The second-order valence-corrected chi connectivity index (χ2v) is 4.87. The van der Waals surface area contributed by atoms with E-state index in [4.69, 9.17) is 0 Å². The fourth-order valence-electron chi connectivity index (χ4n) is 2.20. The summed E-state index contributed by atoms with van der Waals surface area (Å²) in [6.07, 6.45) is 7.78. The SMILES string of the molecule is CCc1ncnc(NCC2(n3cccn3)CC2)c1F. The molecule has 6 heteroatoms. The number of hydrogen-bond donors (Lipinski definition) is 1. The molecule has 0 radical (unpaired) electrons. The molecule has 19 heavy (non-hydrogen) atoms. The number of halogens is 1. The molecule has 0 aliphatic heterocycles. The minimum Gasteiger partial charge on any atom is -0.365 e. The van der Waals surface area contributed by atoms with Crippen LogP contribution < -0.4 is 5.32 Å². The van der Waals surface area contributed by atoms with Gasteiger partial charge in [-0.15, -0.1) is 0 Å². The molecule has 2 aromatic heterocycles. The van der Waals surface area contributed by atoms with E-state index in [2.05, 4.69) is 20.4 Å². The van der Waals surface area contributed by atoms with Gasteiger partial charge in [0.25, 0.3) is 0 Å². The van der Waals surface area contributed by atoms with E-state index < -0.39 is 0 Å². The highest BCUT2D eigenvalue weighted by atomic mass is 19.1. The van der Waals surface area contributed by atoms with Crippen LogP contribution in [0.1, 0.15) is 25.5 Å². The van der Waals surface area contributed by atoms with Crippen LogP contribution in [-0.4, -0.2) is 26.3 Å². The van der Waals surface area contributed by atoms with Gasteiger partial charge in [-0.25, -0.2) is 14.4 Å². The summed E-state index contributed by atoms with van der Waals surface area (Å²) in [5.41, 5.74) is 0.425. The number of rotatable bonds is 5. The van der Waals surface area contributed by atoms with E-state index in [1.165, 1.54) is 6.33 Å². The van der Waals surface area contributed by atoms with Crippen molar-refractivity contribution in [3.63, 3.8) is 0 Å². The predicted molar refractivity (Wildman–Crippen MR) is 69.3 cm³/mol. The van der Waals surface area contributed by atoms with Crippen molar-refractivity contribution in [2.45, 2.75) is 31.7 Å². The van der Waals surface area contributed by atoms with Crippen molar-refractivity contribution >= 4 is 5.82 Å². The molecule has 1 aliphatic carbocycles. The number of hydrogen-bond acceptors (Lipinski definition) is 4. The normalized spacial score (nSPS) is 16.3. The van der Waals surface area contributed by atoms with Gasteiger partial charge in [0.2, 0.25) is 0 Å². The van der Waals surface area contributed by atoms with Crippen molar-refractivity contribution in [2.24, 2.45) is 0 Å². The van der Waals surface area contributed by atoms with Gasteiger partial charge in [-0.1, -0.05) is 6.92 Å². The Morgan fingerprint density at radius 1 is 1.42 bits per heavy atom. The average Bonchev–Trinajstić information content (AvgIpc) is 3.01. The van der Waals surface area contributed by atoms with Crippen LogP contribution in [0.3, 0.4) is 0 Å². The maximum absolute atomic E-state index is 14.0. The summed E-state index contributed by atoms with van der Waals surface area (Å²) in [7, 11) is 0. The zero-order chi connectivity index (χ0) is 13.3. The first-order chi connectivity index (χ1) is 9.25. The third-order valence-corrected chi connectivity index (χ3v) is 3.60. The van der Waals surface area contributed by atoms with Crippen LogP contribution in [0, 0.1) is 5.82 Å². The minimum atomic E-state index is -0.346. The Bertz CT molecular complexity index is 562. The molecule has 0 atom stereocenters. The Labute approximate surface area is 110 Å². The molecule has 0 saturated heterocycles. The summed E-state index contributed by atoms with van der Waals surface area (Å²) in [6.45, 7) is 2.51. The quantitative estimate of drug-likeness (QED) is 0.894. The standard InChI is InChI=1S/C13H16FN5/c1-2-10-11(14)12(17-9-16-10)15-8-13(4-5-13)19-7-3-6-18-19/h3,6-7,9H,2,4-5,8H2,1H3,(H,15,16,17). The van der Waals surface area contributed by atoms with Crippen molar-refractivity contribution in [2.75, 3.05) is 11.9 Å². The van der Waals surface area contributed by atoms with Gasteiger partial charge in [0, 0.05) is 18.9 Å². The summed E-state index contributed by atoms with van der Waals surface area (Å²) in [5, 5.41) is 7.36. The lowest BCUT2D eigenvalue weighted by Gasteiger charge is -2.17. The van der Waals surface area contributed by atoms with Crippen LogP contribution in [0.4, 0.5) is 10.2 Å². The lowest BCUT2D eigenvalue weighted by Crippen LogP contribution is -2.27. The van der Waals surface area contributed by atoms with Gasteiger partial charge in [0.15, 0.2) is 11.6 Å². The predicted octanol–water partition coefficient (Wildman–Crippen LogP) is 1.98. The third kappa shape index (κ3) is 2.18. The Morgan fingerprint density at radius 3 is 2.89 bits per heavy atom. The van der Waals surface area contributed by atoms with Gasteiger partial charge in [0.05, 0.1) is 11.2 Å². The Balaban J connectivity index is 1.74. The first kappa shape index (κ1) is 12.1. The van der Waals surface area contributed by atoms with E-state index in [1.807, 2.05) is 23.9 Å². The van der Waals surface area contributed by atoms with Gasteiger partial charge in [0.1, 0.15) is 6.33 Å². The Hall–Kier alpha value is -1.98. The second-order valence-electron chi connectivity index (χ2n) is 4.87. The number of nitrogens with zero attached hydrogens (tertiary/aromatic N) is 4. The molecule has 1 fully saturated rings. The van der Waals surface area contributed by atoms with Crippen LogP contribution in [0.25, 0.3) is 0 Å². The minimum absolute atomic E-state index is 0.0206. The van der Waals surface area contributed by atoms with E-state index in [-0.39, 0.29) is 17.2 Å². The molecule has 0 amide bonds. The lowest BCUT2D eigenvalue weighted by molar-refractivity contribution is 0.451. The highest BCUT2D eigenvalue weighted by Crippen LogP contribution is 2.42. The summed E-state index contributed by atoms with van der Waals surface area (Å²) in [4.78, 5) is 7.90. The van der Waals surface area contributed by atoms with Crippen LogP contribution in [0.15, 0.2) is 24.8 Å². The van der Waals surface area contributed by atoms with E-state index >= 15 is 0 Å². The zero-order valence-corrected chi connectivity index (χ0v) is 10.8. The molecule has 0 unspecified atom stereocenters. The number of nitrogens with one attached hydrogen (secondary N) is 1. The molecule has 2 heterocycles. The highest BCUT2D eigenvalue weighted by Gasteiger charge is 2.45. The average molecular weight is 261 g/mol. The smallest absolute Gasteiger partial charge is 0.186 e. The van der Waals surface area contributed by atoms with E-state index in [1.54, 1.807) is 6.20 Å². The molecular weight excluding hydrogens is 245 g/mol. The monoisotopic (exact) mass is 261 g/mol. The van der Waals surface area contributed by atoms with Crippen molar-refractivity contribution in [1.29, 1.82) is 0 Å². The van der Waals surface area contributed by atoms with Crippen molar-refractivity contribution in [3.05, 3.63) is 36.3 Å². The maximum atomic E-state index is 14.0. The van der Waals surface area contributed by atoms with E-state index in [0.29, 0.717) is 18.7 Å². The van der Waals surface area contributed by atoms with Gasteiger partial charge >= 0.3 is 0 Å². The van der Waals surface area contributed by atoms with Crippen LogP contribution in [0.2, 0.25) is 0 Å². The molecule has 0 bridgehead atoms. The summed E-state index contributed by atoms with van der Waals surface area (Å²) < 4.78 is 15.9. The molecule has 2 aromatic rings. The molecule has 5 nitrogen and oxygen atoms in total. The Morgan fingerprint density at radius 2 is 2.26 bits per heavy atom. The van der Waals surface area contributed by atoms with Gasteiger partial charge in [-0.3, -0.25) is 4.68 Å². The first-order valence-electron chi connectivity index (χ1n) is 6.48. The number of anilines is 1. The fourth-order valence-corrected chi connectivity index (χ4v) is 2.20. The van der Waals surface area contributed by atoms with E-state index in [0.717, 1.165) is 12.8 Å². The van der Waals surface area contributed by atoms with Crippen LogP contribution in [0.5, 0.6) is 0 Å². The van der Waals surface area contributed by atoms with Crippen molar-refractivity contribution < 1.29 is 4.39 Å². The topological polar surface area (TPSA) is 55.6 Å². The second kappa shape index (κ2) is 4.60. The molecule has 3 rings (SSSR count). The Kier molecular flexibility index (Phi) is 2.93. The molecule has 1 aliphatic rings. The van der Waals surface area contributed by atoms with Crippen molar-refractivity contribution in [1.82, 2.24) is 19.7 Å². The molecule has 1 N–H and O–H groups in total. The first-order valence-corrected chi connectivity index (χ1v) is 6.48. The summed E-state index contributed by atoms with van der Waals surface area (Å²) >= 11 is 0. The summed E-state index contributed by atoms with van der Waals surface area (Å²) in [6, 6.07) is 1.90. The molecular formula is C13H16FN5. The molecule has 0 spiro atoms. The molecule has 100 valence electrons. The van der Waals surface area contributed by atoms with Gasteiger partial charge < -0.3 is 5.32 Å². The number of aryl methyl sites for hydroxylation is 1. The van der Waals surface area contributed by atoms with Crippen LogP contribution in [-0.2, 0) is 12.0 Å². The van der Waals surface area contributed by atoms with Crippen molar-refractivity contribution in [3.8, 4) is 0 Å². The number of aromatic nitrogens is 4. The van der Waals surface area contributed by atoms with Gasteiger partial charge in [-0.2, -0.15) is 5.10 Å². The molecule has 0 aromatic carbocycles. The zero-order valence-electron chi connectivity index (χ0n) is 10.8. The lowest BCUT2D eigenvalue weighted by atomic mass is 10.2. The van der Waals surface area contributed by atoms with Gasteiger partial charge in [-0.05, 0) is 25.3 Å². The van der Waals surface area contributed by atoms with Crippen LogP contribution >= 0.6 is 0 Å².